The molecule has 0 bridgehead atoms. The van der Waals surface area contributed by atoms with Crippen molar-refractivity contribution in [1.29, 1.82) is 5.26 Å². The van der Waals surface area contributed by atoms with Gasteiger partial charge >= 0.3 is 0 Å². The molecule has 0 atom stereocenters. The summed E-state index contributed by atoms with van der Waals surface area (Å²) in [5.41, 5.74) is 16.2. The number of rotatable bonds is 17. The van der Waals surface area contributed by atoms with Crippen molar-refractivity contribution in [3.63, 3.8) is 0 Å². The Hall–Kier alpha value is -17.6. The van der Waals surface area contributed by atoms with E-state index >= 15 is 0 Å². The van der Waals surface area contributed by atoms with Crippen molar-refractivity contribution in [3.8, 4) is 188 Å². The molecule has 18 nitrogen and oxygen atoms in total. The molecule has 0 saturated heterocycles. The quantitative estimate of drug-likeness (QED) is 0.0825. The molecule has 0 fully saturated rings. The molecule has 0 aliphatic carbocycles. The van der Waals surface area contributed by atoms with Crippen molar-refractivity contribution in [2.45, 2.75) is 0 Å². The molecule has 0 amide bonds. The van der Waals surface area contributed by atoms with Crippen LogP contribution in [0.2, 0.25) is 0 Å². The fraction of sp³-hybridized carbons (Fsp3) is 0. The molecule has 7 heterocycles. The van der Waals surface area contributed by atoms with Crippen LogP contribution in [0.1, 0.15) is 5.56 Å². The maximum absolute atomic E-state index is 12.2. The SMILES string of the molecule is N#Cc1cc(-n2c3ccc(-c4nc(-c5ccccc5)nc(-c5ccccc5)n4)cc3c3cc(-c4nc(-c5ccccc5)nc(-c5ccccc5)n4)ccc32)c(-n2c3ccc(-c4nc(-c5ccccc5)nc(-c5ccccc5)n4)cc3c3cc(-c4nc(-c5ccccc5)nc(-c5ccccc5)n4)ccc32)cc1-c1nc(-c2ccccc2)nc(-c2ccccc2)n1. The van der Waals surface area contributed by atoms with Crippen LogP contribution in [0.5, 0.6) is 0 Å². The van der Waals surface area contributed by atoms with Crippen molar-refractivity contribution >= 4 is 43.6 Å². The molecule has 18 heteroatoms. The van der Waals surface area contributed by atoms with E-state index in [2.05, 4.69) is 94.1 Å². The minimum absolute atomic E-state index is 0.277. The van der Waals surface area contributed by atoms with E-state index in [0.717, 1.165) is 122 Å². The summed E-state index contributed by atoms with van der Waals surface area (Å²) in [5, 5.41) is 15.6. The molecule has 0 aliphatic rings. The smallest absolute Gasteiger partial charge is 0.165 e. The highest BCUT2D eigenvalue weighted by atomic mass is 15.1. The lowest BCUT2D eigenvalue weighted by molar-refractivity contribution is 1.06. The lowest BCUT2D eigenvalue weighted by atomic mass is 10.0. The van der Waals surface area contributed by atoms with Crippen LogP contribution in [0.4, 0.5) is 0 Å². The molecule has 22 rings (SSSR count). The Morgan fingerprint density at radius 2 is 0.323 bits per heavy atom. The van der Waals surface area contributed by atoms with Crippen LogP contribution >= 0.6 is 0 Å². The zero-order chi connectivity index (χ0) is 82.4. The van der Waals surface area contributed by atoms with Gasteiger partial charge in [0, 0.05) is 105 Å². The van der Waals surface area contributed by atoms with E-state index in [0.29, 0.717) is 98.5 Å². The Labute approximate surface area is 710 Å². The van der Waals surface area contributed by atoms with Gasteiger partial charge in [-0.15, -0.1) is 0 Å². The van der Waals surface area contributed by atoms with Crippen LogP contribution in [-0.4, -0.2) is 83.9 Å². The van der Waals surface area contributed by atoms with E-state index in [1.807, 2.05) is 309 Å². The molecule has 124 heavy (non-hydrogen) atoms. The lowest BCUT2D eigenvalue weighted by Crippen LogP contribution is -2.07. The standard InChI is InChI=1S/C106H64N18/c107-65-80-63-90(123-86-55-51-76(102-113-92(66-31-11-1-12-32-66)108-93(114-102)67-33-13-2-14-34-67)59-82(86)83-60-77(52-56-87(83)123)103-115-94(68-35-15-3-16-36-68)109-95(116-103)69-37-17-4-18-38-69)91(64-81(80)106-121-100(74-47-27-9-28-48-74)112-101(122-106)75-49-29-10-30-50-75)124-88-57-53-78(104-117-96(70-39-19-5-20-40-70)110-97(118-104)71-41-21-6-22-42-71)61-84(88)85-62-79(54-58-89(85)124)105-119-98(72-43-23-7-24-44-72)111-99(120-105)73-45-25-8-26-46-73/h1-64H. The Bertz CT molecular complexity index is 7230. The first-order valence-electron chi connectivity index (χ1n) is 40.5. The molecule has 0 N–H and O–H groups in total. The summed E-state index contributed by atoms with van der Waals surface area (Å²) < 4.78 is 4.52. The minimum atomic E-state index is 0.277. The van der Waals surface area contributed by atoms with Crippen LogP contribution in [0, 0.1) is 11.3 Å². The van der Waals surface area contributed by atoms with E-state index in [4.69, 9.17) is 74.8 Å². The van der Waals surface area contributed by atoms with Crippen molar-refractivity contribution < 1.29 is 0 Å². The normalized spacial score (nSPS) is 11.4. The van der Waals surface area contributed by atoms with E-state index in [9.17, 15) is 5.26 Å². The van der Waals surface area contributed by atoms with Gasteiger partial charge in [-0.05, 0) is 84.9 Å². The van der Waals surface area contributed by atoms with E-state index in [1.54, 1.807) is 0 Å². The Kier molecular flexibility index (Phi) is 18.4. The number of fused-ring (bicyclic) bond motifs is 6. The third-order valence-electron chi connectivity index (χ3n) is 22.0. The summed E-state index contributed by atoms with van der Waals surface area (Å²) in [6, 6.07) is 132. The molecular weight excluding hydrogens is 1530 g/mol. The molecule has 15 aromatic carbocycles. The second-order valence-electron chi connectivity index (χ2n) is 29.8. The molecule has 0 unspecified atom stereocenters. The van der Waals surface area contributed by atoms with Gasteiger partial charge in [-0.1, -0.05) is 303 Å². The number of nitrogens with zero attached hydrogens (tertiary/aromatic N) is 18. The maximum atomic E-state index is 12.2. The van der Waals surface area contributed by atoms with Gasteiger partial charge in [-0.25, -0.2) is 74.8 Å². The first-order valence-corrected chi connectivity index (χ1v) is 40.5. The summed E-state index contributed by atoms with van der Waals surface area (Å²) in [6.07, 6.45) is 0. The van der Waals surface area contributed by atoms with Crippen LogP contribution < -0.4 is 0 Å². The fourth-order valence-electron chi connectivity index (χ4n) is 16.0. The van der Waals surface area contributed by atoms with Crippen molar-refractivity contribution in [1.82, 2.24) is 83.9 Å². The number of nitriles is 1. The predicted octanol–water partition coefficient (Wildman–Crippen LogP) is 23.7. The van der Waals surface area contributed by atoms with Gasteiger partial charge in [0.05, 0.1) is 45.1 Å². The highest BCUT2D eigenvalue weighted by Gasteiger charge is 2.28. The summed E-state index contributed by atoms with van der Waals surface area (Å²) in [4.78, 5) is 78.9. The average molecular weight is 1590 g/mol. The molecule has 578 valence electrons. The van der Waals surface area contributed by atoms with Crippen molar-refractivity contribution in [2.75, 3.05) is 0 Å². The average Bonchev–Trinajstić information content (AvgIpc) is 1.55. The molecule has 0 spiro atoms. The van der Waals surface area contributed by atoms with E-state index in [-0.39, 0.29) is 11.4 Å². The highest BCUT2D eigenvalue weighted by molar-refractivity contribution is 6.14. The van der Waals surface area contributed by atoms with E-state index < -0.39 is 0 Å². The molecule has 0 aliphatic heterocycles. The van der Waals surface area contributed by atoms with Crippen LogP contribution in [0.25, 0.3) is 226 Å². The molecule has 7 aromatic heterocycles. The van der Waals surface area contributed by atoms with Crippen LogP contribution in [-0.2, 0) is 0 Å². The van der Waals surface area contributed by atoms with Gasteiger partial charge in [0.15, 0.2) is 87.4 Å². The Balaban J connectivity index is 0.847. The first kappa shape index (κ1) is 72.9. The van der Waals surface area contributed by atoms with Gasteiger partial charge in [0.25, 0.3) is 0 Å². The molecule has 0 saturated carbocycles. The Morgan fingerprint density at radius 3 is 0.500 bits per heavy atom. The lowest BCUT2D eigenvalue weighted by Gasteiger charge is -2.19. The second-order valence-corrected chi connectivity index (χ2v) is 29.8. The maximum Gasteiger partial charge on any atom is 0.165 e. The first-order chi connectivity index (χ1) is 61.4. The zero-order valence-corrected chi connectivity index (χ0v) is 66.0. The molecule has 22 aromatic rings. The molecule has 0 radical (unpaired) electrons. The van der Waals surface area contributed by atoms with Crippen molar-refractivity contribution in [3.05, 3.63) is 394 Å². The van der Waals surface area contributed by atoms with Gasteiger partial charge in [0.1, 0.15) is 0 Å². The van der Waals surface area contributed by atoms with Gasteiger partial charge in [-0.2, -0.15) is 5.26 Å². The summed E-state index contributed by atoms with van der Waals surface area (Å²) in [7, 11) is 0. The topological polar surface area (TPSA) is 227 Å². The minimum Gasteiger partial charge on any atom is -0.307 e. The summed E-state index contributed by atoms with van der Waals surface area (Å²) >= 11 is 0. The highest BCUT2D eigenvalue weighted by Crippen LogP contribution is 2.45. The van der Waals surface area contributed by atoms with Crippen LogP contribution in [0.15, 0.2) is 388 Å². The third kappa shape index (κ3) is 13.8. The van der Waals surface area contributed by atoms with Crippen LogP contribution in [0.3, 0.4) is 0 Å². The summed E-state index contributed by atoms with van der Waals surface area (Å²) in [6.45, 7) is 0. The number of benzene rings is 15. The van der Waals surface area contributed by atoms with Gasteiger partial charge in [0.2, 0.25) is 0 Å². The largest absolute Gasteiger partial charge is 0.307 e. The van der Waals surface area contributed by atoms with Gasteiger partial charge in [-0.3, -0.25) is 0 Å². The van der Waals surface area contributed by atoms with E-state index in [1.165, 1.54) is 0 Å². The zero-order valence-electron chi connectivity index (χ0n) is 66.0. The molecular formula is C106H64N18. The fourth-order valence-corrected chi connectivity index (χ4v) is 16.0. The number of hydrogen-bond acceptors (Lipinski definition) is 16. The summed E-state index contributed by atoms with van der Waals surface area (Å²) in [5.74, 6) is 7.09. The Morgan fingerprint density at radius 1 is 0.161 bits per heavy atom. The monoisotopic (exact) mass is 1590 g/mol. The second kappa shape index (κ2) is 31.4. The number of aromatic nitrogens is 17. The van der Waals surface area contributed by atoms with Gasteiger partial charge < -0.3 is 9.13 Å². The number of hydrogen-bond donors (Lipinski definition) is 0. The van der Waals surface area contributed by atoms with Crippen molar-refractivity contribution in [2.24, 2.45) is 0 Å². The predicted molar refractivity (Wildman–Crippen MR) is 488 cm³/mol. The third-order valence-corrected chi connectivity index (χ3v) is 22.0.